The Morgan fingerprint density at radius 3 is 2.73 bits per heavy atom. The molecule has 0 N–H and O–H groups in total. The zero-order valence-electron chi connectivity index (χ0n) is 14.6. The van der Waals surface area contributed by atoms with Gasteiger partial charge in [0.05, 0.1) is 24.4 Å². The van der Waals surface area contributed by atoms with E-state index in [1.165, 1.54) is 22.3 Å². The van der Waals surface area contributed by atoms with Gasteiger partial charge in [-0.2, -0.15) is 0 Å². The quantitative estimate of drug-likeness (QED) is 0.458. The fourth-order valence-electron chi connectivity index (χ4n) is 3.77. The molecule has 0 unspecified atom stereocenters. The van der Waals surface area contributed by atoms with E-state index in [4.69, 9.17) is 9.47 Å². The lowest BCUT2D eigenvalue weighted by Crippen LogP contribution is -2.11. The average Bonchev–Trinajstić information content (AvgIpc) is 2.98. The molecule has 2 aliphatic heterocycles. The maximum Gasteiger partial charge on any atom is 0.0977 e. The lowest BCUT2D eigenvalue weighted by atomic mass is 9.93. The Labute approximate surface area is 135 Å². The molecule has 0 radical (unpaired) electrons. The molecule has 1 saturated heterocycles. The monoisotopic (exact) mass is 302 g/mol. The van der Waals surface area contributed by atoms with Crippen LogP contribution < -0.4 is 0 Å². The number of hydrogen-bond donors (Lipinski definition) is 0. The van der Waals surface area contributed by atoms with E-state index in [9.17, 15) is 0 Å². The predicted octanol–water partition coefficient (Wildman–Crippen LogP) is 5.11. The van der Waals surface area contributed by atoms with Crippen LogP contribution in [0.4, 0.5) is 0 Å². The van der Waals surface area contributed by atoms with Crippen LogP contribution in [0.5, 0.6) is 0 Å². The summed E-state index contributed by atoms with van der Waals surface area (Å²) in [5.41, 5.74) is 6.03. The lowest BCUT2D eigenvalue weighted by Gasteiger charge is -2.14. The Hall–Kier alpha value is -0.860. The van der Waals surface area contributed by atoms with Crippen LogP contribution in [-0.2, 0) is 9.47 Å². The molecule has 0 amide bonds. The number of epoxide rings is 1. The molecular weight excluding hydrogens is 272 g/mol. The van der Waals surface area contributed by atoms with Gasteiger partial charge < -0.3 is 9.47 Å². The highest BCUT2D eigenvalue weighted by Crippen LogP contribution is 2.43. The molecule has 1 aliphatic carbocycles. The third kappa shape index (κ3) is 3.55. The van der Waals surface area contributed by atoms with Gasteiger partial charge in [-0.15, -0.1) is 0 Å². The second-order valence-electron chi connectivity index (χ2n) is 7.60. The van der Waals surface area contributed by atoms with Crippen LogP contribution in [-0.4, -0.2) is 24.4 Å². The summed E-state index contributed by atoms with van der Waals surface area (Å²) in [5, 5.41) is 0. The Morgan fingerprint density at radius 2 is 1.91 bits per heavy atom. The average molecular weight is 302 g/mol. The van der Waals surface area contributed by atoms with Gasteiger partial charge in [0.1, 0.15) is 0 Å². The molecule has 3 atom stereocenters. The molecule has 1 fully saturated rings. The molecule has 0 spiro atoms. The minimum atomic E-state index is 0.132. The maximum atomic E-state index is 5.99. The third-order valence-corrected chi connectivity index (χ3v) is 5.57. The predicted molar refractivity (Wildman–Crippen MR) is 90.9 cm³/mol. The molecule has 3 aliphatic rings. The van der Waals surface area contributed by atoms with Gasteiger partial charge in [-0.25, -0.2) is 0 Å². The van der Waals surface area contributed by atoms with Crippen LogP contribution in [0.1, 0.15) is 66.2 Å². The van der Waals surface area contributed by atoms with E-state index in [0.717, 1.165) is 45.1 Å². The Bertz CT molecular complexity index is 526. The van der Waals surface area contributed by atoms with Crippen LogP contribution in [0.3, 0.4) is 0 Å². The number of rotatable bonds is 0. The summed E-state index contributed by atoms with van der Waals surface area (Å²) in [5.74, 6) is 0. The Morgan fingerprint density at radius 1 is 1.09 bits per heavy atom. The largest absolute Gasteiger partial charge is 0.366 e. The van der Waals surface area contributed by atoms with Crippen molar-refractivity contribution in [2.75, 3.05) is 6.61 Å². The third-order valence-electron chi connectivity index (χ3n) is 5.57. The molecule has 2 heterocycles. The van der Waals surface area contributed by atoms with Gasteiger partial charge in [-0.05, 0) is 77.4 Å². The second kappa shape index (κ2) is 6.33. The van der Waals surface area contributed by atoms with Crippen molar-refractivity contribution in [3.63, 3.8) is 0 Å². The van der Waals surface area contributed by atoms with E-state index in [2.05, 4.69) is 39.8 Å². The van der Waals surface area contributed by atoms with Crippen molar-refractivity contribution < 1.29 is 9.47 Å². The van der Waals surface area contributed by atoms with Gasteiger partial charge in [0.2, 0.25) is 0 Å². The minimum Gasteiger partial charge on any atom is -0.366 e. The Balaban J connectivity index is 1.76. The summed E-state index contributed by atoms with van der Waals surface area (Å²) in [6.07, 6.45) is 12.3. The smallest absolute Gasteiger partial charge is 0.0977 e. The summed E-state index contributed by atoms with van der Waals surface area (Å²) in [6, 6.07) is 0. The topological polar surface area (TPSA) is 21.8 Å². The SMILES string of the molecule is CC1=C2CC/C(C)=C/CC[C@@]3(C)O[C@H]3CC/C(C)=C/[C@@H]2OC1. The molecule has 0 bridgehead atoms. The molecule has 2 heteroatoms. The van der Waals surface area contributed by atoms with Crippen LogP contribution in [0, 0.1) is 0 Å². The van der Waals surface area contributed by atoms with Gasteiger partial charge in [0, 0.05) is 0 Å². The Kier molecular flexibility index (Phi) is 4.61. The molecule has 122 valence electrons. The first kappa shape index (κ1) is 16.0. The summed E-state index contributed by atoms with van der Waals surface area (Å²) >= 11 is 0. The van der Waals surface area contributed by atoms with Crippen LogP contribution in [0.15, 0.2) is 34.4 Å². The van der Waals surface area contributed by atoms with E-state index < -0.39 is 0 Å². The highest BCUT2D eigenvalue weighted by atomic mass is 16.6. The fourth-order valence-corrected chi connectivity index (χ4v) is 3.77. The van der Waals surface area contributed by atoms with E-state index in [1.807, 2.05) is 0 Å². The van der Waals surface area contributed by atoms with E-state index in [0.29, 0.717) is 6.10 Å². The number of fused-ring (bicyclic) bond motifs is 2. The zero-order chi connectivity index (χ0) is 15.7. The molecule has 0 aromatic rings. The summed E-state index contributed by atoms with van der Waals surface area (Å²) < 4.78 is 12.0. The number of ether oxygens (including phenoxy) is 2. The van der Waals surface area contributed by atoms with Crippen molar-refractivity contribution in [1.29, 1.82) is 0 Å². The van der Waals surface area contributed by atoms with Gasteiger partial charge in [0.15, 0.2) is 0 Å². The summed E-state index contributed by atoms with van der Waals surface area (Å²) in [4.78, 5) is 0. The highest BCUT2D eigenvalue weighted by Gasteiger charge is 2.50. The maximum absolute atomic E-state index is 5.99. The van der Waals surface area contributed by atoms with Crippen molar-refractivity contribution in [2.45, 2.75) is 84.0 Å². The van der Waals surface area contributed by atoms with E-state index >= 15 is 0 Å². The molecule has 22 heavy (non-hydrogen) atoms. The summed E-state index contributed by atoms with van der Waals surface area (Å²) in [6.45, 7) is 9.81. The number of hydrogen-bond acceptors (Lipinski definition) is 2. The van der Waals surface area contributed by atoms with Crippen molar-refractivity contribution >= 4 is 0 Å². The highest BCUT2D eigenvalue weighted by molar-refractivity contribution is 5.29. The molecule has 2 nitrogen and oxygen atoms in total. The molecule has 0 aromatic carbocycles. The van der Waals surface area contributed by atoms with Gasteiger partial charge in [-0.1, -0.05) is 23.3 Å². The first-order valence-corrected chi connectivity index (χ1v) is 8.79. The fraction of sp³-hybridized carbons (Fsp3) is 0.700. The number of allylic oxidation sites excluding steroid dienone is 3. The first-order chi connectivity index (χ1) is 10.5. The van der Waals surface area contributed by atoms with Gasteiger partial charge >= 0.3 is 0 Å². The lowest BCUT2D eigenvalue weighted by molar-refractivity contribution is 0.150. The normalized spacial score (nSPS) is 41.6. The van der Waals surface area contributed by atoms with Crippen molar-refractivity contribution in [2.24, 2.45) is 0 Å². The van der Waals surface area contributed by atoms with Crippen molar-refractivity contribution in [1.82, 2.24) is 0 Å². The molecule has 3 rings (SSSR count). The first-order valence-electron chi connectivity index (χ1n) is 8.79. The second-order valence-corrected chi connectivity index (χ2v) is 7.60. The van der Waals surface area contributed by atoms with Crippen molar-refractivity contribution in [3.8, 4) is 0 Å². The molecule has 0 saturated carbocycles. The van der Waals surface area contributed by atoms with E-state index in [-0.39, 0.29) is 11.7 Å². The van der Waals surface area contributed by atoms with E-state index in [1.54, 1.807) is 0 Å². The molecule has 0 aromatic heterocycles. The summed E-state index contributed by atoms with van der Waals surface area (Å²) in [7, 11) is 0. The zero-order valence-corrected chi connectivity index (χ0v) is 14.6. The standard InChI is InChI=1S/C20H30O2/c1-14-6-5-11-20(4)19(22-20)10-8-15(2)12-18-17(9-7-14)16(3)13-21-18/h6,12,18-19H,5,7-11,13H2,1-4H3/b14-6+,15-12+/t18-,19-,20+/m0/s1. The minimum absolute atomic E-state index is 0.132. The van der Waals surface area contributed by atoms with Crippen LogP contribution in [0.2, 0.25) is 0 Å². The van der Waals surface area contributed by atoms with Crippen LogP contribution in [0.25, 0.3) is 0 Å². The van der Waals surface area contributed by atoms with Crippen LogP contribution >= 0.6 is 0 Å². The molecular formula is C20H30O2. The van der Waals surface area contributed by atoms with Gasteiger partial charge in [0.25, 0.3) is 0 Å². The van der Waals surface area contributed by atoms with Gasteiger partial charge in [-0.3, -0.25) is 0 Å². The van der Waals surface area contributed by atoms with Crippen molar-refractivity contribution in [3.05, 3.63) is 34.4 Å².